The fraction of sp³-hybridized carbons (Fsp3) is 0.571. The third-order valence-corrected chi connectivity index (χ3v) is 6.80. The third-order valence-electron chi connectivity index (χ3n) is 5.12. The van der Waals surface area contributed by atoms with E-state index in [1.165, 1.54) is 16.7 Å². The second-order valence-electron chi connectivity index (χ2n) is 6.04. The van der Waals surface area contributed by atoms with E-state index in [4.69, 9.17) is 0 Å². The highest BCUT2D eigenvalue weighted by Gasteiger charge is 2.71. The van der Waals surface area contributed by atoms with Crippen LogP contribution < -0.4 is 0 Å². The predicted octanol–water partition coefficient (Wildman–Crippen LogP) is -0.909. The summed E-state index contributed by atoms with van der Waals surface area (Å²) in [6.45, 7) is -0.414. The molecule has 4 atom stereocenters. The normalized spacial score (nSPS) is 44.0. The molecule has 0 aromatic rings. The van der Waals surface area contributed by atoms with Gasteiger partial charge < -0.3 is 20.0 Å². The van der Waals surface area contributed by atoms with Gasteiger partial charge in [0.25, 0.3) is 11.8 Å². The van der Waals surface area contributed by atoms with Gasteiger partial charge in [-0.1, -0.05) is 18.2 Å². The van der Waals surface area contributed by atoms with Crippen LogP contribution in [0.3, 0.4) is 0 Å². The monoisotopic (exact) mass is 308 g/mol. The molecule has 0 radical (unpaired) electrons. The number of carbonyl (C=O) groups excluding carboxylic acids is 2. The van der Waals surface area contributed by atoms with Gasteiger partial charge >= 0.3 is 0 Å². The van der Waals surface area contributed by atoms with E-state index in [0.717, 1.165) is 5.57 Å². The van der Waals surface area contributed by atoms with Crippen LogP contribution in [0.4, 0.5) is 0 Å². The average Bonchev–Trinajstić information content (AvgIpc) is 2.83. The SMILES string of the molecule is CN1C(=O)[C@@]23CS[C@]1(CO)C(=O)N2[C@H]1C(=CC=CC1O)C3. The molecule has 21 heavy (non-hydrogen) atoms. The number of likely N-dealkylation sites (N-methyl/N-ethyl adjacent to an activating group) is 1. The van der Waals surface area contributed by atoms with Crippen molar-refractivity contribution < 1.29 is 19.8 Å². The molecule has 4 aliphatic heterocycles. The number of piperazine rings is 1. The molecule has 0 saturated carbocycles. The van der Waals surface area contributed by atoms with Crippen LogP contribution in [-0.2, 0) is 9.59 Å². The maximum Gasteiger partial charge on any atom is 0.263 e. The van der Waals surface area contributed by atoms with Gasteiger partial charge in [-0.25, -0.2) is 0 Å². The van der Waals surface area contributed by atoms with Crippen LogP contribution >= 0.6 is 11.8 Å². The smallest absolute Gasteiger partial charge is 0.263 e. The number of amides is 2. The molecule has 5 rings (SSSR count). The lowest BCUT2D eigenvalue weighted by Gasteiger charge is -2.59. The summed E-state index contributed by atoms with van der Waals surface area (Å²) in [6, 6.07) is -0.480. The molecule has 2 N–H and O–H groups in total. The summed E-state index contributed by atoms with van der Waals surface area (Å²) >= 11 is 1.33. The third kappa shape index (κ3) is 1.28. The molecule has 1 unspecified atom stereocenters. The van der Waals surface area contributed by atoms with E-state index in [2.05, 4.69) is 0 Å². The van der Waals surface area contributed by atoms with Gasteiger partial charge in [0.2, 0.25) is 0 Å². The van der Waals surface area contributed by atoms with Crippen LogP contribution in [0.25, 0.3) is 0 Å². The first kappa shape index (κ1) is 13.4. The summed E-state index contributed by atoms with van der Waals surface area (Å²) in [4.78, 5) is 27.5. The van der Waals surface area contributed by atoms with Crippen molar-refractivity contribution in [3.8, 4) is 0 Å². The molecule has 4 saturated heterocycles. The minimum atomic E-state index is -1.24. The van der Waals surface area contributed by atoms with Crippen LogP contribution in [0.15, 0.2) is 23.8 Å². The van der Waals surface area contributed by atoms with Gasteiger partial charge in [-0.3, -0.25) is 9.59 Å². The highest BCUT2D eigenvalue weighted by Crippen LogP contribution is 2.55. The molecule has 1 spiro atoms. The minimum absolute atomic E-state index is 0.141. The summed E-state index contributed by atoms with van der Waals surface area (Å²) in [5, 5.41) is 20.0. The lowest BCUT2D eigenvalue weighted by atomic mass is 9.90. The van der Waals surface area contributed by atoms with Gasteiger partial charge in [0.15, 0.2) is 4.87 Å². The predicted molar refractivity (Wildman–Crippen MR) is 76.3 cm³/mol. The van der Waals surface area contributed by atoms with Crippen LogP contribution in [0, 0.1) is 0 Å². The van der Waals surface area contributed by atoms with Crippen molar-refractivity contribution in [3.05, 3.63) is 23.8 Å². The van der Waals surface area contributed by atoms with Crippen LogP contribution in [0.2, 0.25) is 0 Å². The number of allylic oxidation sites excluding steroid dienone is 2. The van der Waals surface area contributed by atoms with Crippen molar-refractivity contribution in [1.29, 1.82) is 0 Å². The van der Waals surface area contributed by atoms with Crippen molar-refractivity contribution >= 4 is 23.6 Å². The maximum atomic E-state index is 13.0. The Morgan fingerprint density at radius 2 is 2.19 bits per heavy atom. The fourth-order valence-corrected chi connectivity index (χ4v) is 5.43. The number of rotatable bonds is 1. The minimum Gasteiger partial charge on any atom is -0.392 e. The van der Waals surface area contributed by atoms with E-state index in [-0.39, 0.29) is 11.8 Å². The average molecular weight is 308 g/mol. The molecule has 0 aromatic heterocycles. The molecule has 4 heterocycles. The van der Waals surface area contributed by atoms with Crippen LogP contribution in [-0.4, -0.2) is 73.8 Å². The molecular weight excluding hydrogens is 292 g/mol. The zero-order chi connectivity index (χ0) is 15.0. The second-order valence-corrected chi connectivity index (χ2v) is 7.29. The van der Waals surface area contributed by atoms with Crippen molar-refractivity contribution in [1.82, 2.24) is 9.80 Å². The summed E-state index contributed by atoms with van der Waals surface area (Å²) in [6.07, 6.45) is 4.95. The summed E-state index contributed by atoms with van der Waals surface area (Å²) in [7, 11) is 1.58. The fourth-order valence-electron chi connectivity index (χ4n) is 3.99. The van der Waals surface area contributed by atoms with E-state index in [1.807, 2.05) is 6.08 Å². The van der Waals surface area contributed by atoms with Crippen molar-refractivity contribution in [2.75, 3.05) is 19.4 Å². The second kappa shape index (κ2) is 3.91. The molecule has 0 aromatic carbocycles. The zero-order valence-corrected chi connectivity index (χ0v) is 12.3. The van der Waals surface area contributed by atoms with E-state index < -0.39 is 29.2 Å². The number of thioether (sulfide) groups is 1. The molecule has 2 amide bonds. The van der Waals surface area contributed by atoms with Crippen LogP contribution in [0.1, 0.15) is 6.42 Å². The number of aliphatic hydroxyl groups is 2. The molecule has 4 fully saturated rings. The molecular formula is C14H16N2O4S. The molecule has 1 aliphatic carbocycles. The number of hydrogen-bond acceptors (Lipinski definition) is 5. The van der Waals surface area contributed by atoms with Crippen molar-refractivity contribution in [2.45, 2.75) is 29.0 Å². The number of aliphatic hydroxyl groups excluding tert-OH is 2. The van der Waals surface area contributed by atoms with E-state index in [9.17, 15) is 19.8 Å². The van der Waals surface area contributed by atoms with Gasteiger partial charge in [-0.2, -0.15) is 0 Å². The summed E-state index contributed by atoms with van der Waals surface area (Å²) in [5.74, 6) is 0.0479. The van der Waals surface area contributed by atoms with Gasteiger partial charge in [0.05, 0.1) is 18.8 Å². The molecule has 7 heteroatoms. The Morgan fingerprint density at radius 1 is 1.43 bits per heavy atom. The summed E-state index contributed by atoms with van der Waals surface area (Å²) in [5.41, 5.74) is 0.00744. The number of nitrogens with zero attached hydrogens (tertiary/aromatic N) is 2. The molecule has 6 nitrogen and oxygen atoms in total. The van der Waals surface area contributed by atoms with Gasteiger partial charge in [-0.05, 0) is 5.57 Å². The number of fused-ring (bicyclic) bond motifs is 3. The Morgan fingerprint density at radius 3 is 2.90 bits per heavy atom. The summed E-state index contributed by atoms with van der Waals surface area (Å²) < 4.78 is 0. The molecule has 2 bridgehead atoms. The van der Waals surface area contributed by atoms with Gasteiger partial charge in [-0.15, -0.1) is 11.8 Å². The first-order valence-corrected chi connectivity index (χ1v) is 7.89. The first-order chi connectivity index (χ1) is 9.98. The zero-order valence-electron chi connectivity index (χ0n) is 11.5. The Labute approximate surface area is 126 Å². The Balaban J connectivity index is 1.90. The molecule has 5 aliphatic rings. The quantitative estimate of drug-likeness (QED) is 0.655. The Hall–Kier alpha value is -1.31. The highest BCUT2D eigenvalue weighted by atomic mass is 32.2. The van der Waals surface area contributed by atoms with E-state index >= 15 is 0 Å². The number of hydrogen-bond donors (Lipinski definition) is 2. The Kier molecular flexibility index (Phi) is 2.49. The van der Waals surface area contributed by atoms with Crippen LogP contribution in [0.5, 0.6) is 0 Å². The van der Waals surface area contributed by atoms with Gasteiger partial charge in [0, 0.05) is 19.2 Å². The lowest BCUT2D eigenvalue weighted by Crippen LogP contribution is -2.80. The topological polar surface area (TPSA) is 81.1 Å². The first-order valence-electron chi connectivity index (χ1n) is 6.90. The Bertz CT molecular complexity index is 618. The van der Waals surface area contributed by atoms with Crippen molar-refractivity contribution in [3.63, 3.8) is 0 Å². The molecule has 112 valence electrons. The van der Waals surface area contributed by atoms with E-state index in [1.54, 1.807) is 24.1 Å². The lowest BCUT2D eigenvalue weighted by molar-refractivity contribution is -0.174. The maximum absolute atomic E-state index is 13.0. The standard InChI is InChI=1S/C14H16N2O4S/c1-15-11(19)13-5-8-3-2-4-9(18)10(8)16(13)12(20)14(15,6-17)21-7-13/h2-4,9-10,17-18H,5-7H2,1H3/t9?,10-,13+,14+/m0/s1. The van der Waals surface area contributed by atoms with E-state index in [0.29, 0.717) is 12.2 Å². The van der Waals surface area contributed by atoms with Gasteiger partial charge in [0.1, 0.15) is 5.54 Å². The van der Waals surface area contributed by atoms with Crippen molar-refractivity contribution in [2.24, 2.45) is 0 Å². The highest BCUT2D eigenvalue weighted by molar-refractivity contribution is 8.01. The number of carbonyl (C=O) groups is 2. The largest absolute Gasteiger partial charge is 0.392 e.